The van der Waals surface area contributed by atoms with Crippen LogP contribution in [0.15, 0.2) is 6.33 Å². The molecule has 0 atom stereocenters. The standard InChI is InChI=1S/C16H25N3O/c1-19(11-16(20)9-5-6-10-16)15-13-7-3-2-4-8-14(13)17-12-18-15/h12,20H,2-11H2,1H3. The van der Waals surface area contributed by atoms with E-state index in [1.165, 1.54) is 30.5 Å². The predicted molar refractivity (Wildman–Crippen MR) is 80.0 cm³/mol. The highest BCUT2D eigenvalue weighted by Gasteiger charge is 2.33. The molecule has 0 unspecified atom stereocenters. The second-order valence-corrected chi connectivity index (χ2v) is 6.47. The van der Waals surface area contributed by atoms with Gasteiger partial charge in [-0.05, 0) is 38.5 Å². The first-order valence-electron chi connectivity index (χ1n) is 7.94. The Kier molecular flexibility index (Phi) is 3.92. The minimum Gasteiger partial charge on any atom is -0.388 e. The number of rotatable bonds is 3. The lowest BCUT2D eigenvalue weighted by Gasteiger charge is -2.30. The van der Waals surface area contributed by atoms with Crippen molar-refractivity contribution in [1.29, 1.82) is 0 Å². The monoisotopic (exact) mass is 275 g/mol. The van der Waals surface area contributed by atoms with Gasteiger partial charge in [0.05, 0.1) is 5.60 Å². The Bertz CT molecular complexity index is 469. The zero-order chi connectivity index (χ0) is 14.0. The summed E-state index contributed by atoms with van der Waals surface area (Å²) in [6.45, 7) is 0.691. The zero-order valence-corrected chi connectivity index (χ0v) is 12.4. The summed E-state index contributed by atoms with van der Waals surface area (Å²) in [7, 11) is 2.06. The third-order valence-electron chi connectivity index (χ3n) is 4.78. The maximum atomic E-state index is 10.6. The number of likely N-dealkylation sites (N-methyl/N-ethyl adjacent to an activating group) is 1. The summed E-state index contributed by atoms with van der Waals surface area (Å²) >= 11 is 0. The molecule has 1 N–H and O–H groups in total. The largest absolute Gasteiger partial charge is 0.388 e. The number of hydrogen-bond acceptors (Lipinski definition) is 4. The van der Waals surface area contributed by atoms with Crippen LogP contribution in [0, 0.1) is 0 Å². The molecular weight excluding hydrogens is 250 g/mol. The molecule has 0 aromatic carbocycles. The van der Waals surface area contributed by atoms with Gasteiger partial charge in [0.15, 0.2) is 0 Å². The minimum absolute atomic E-state index is 0.517. The van der Waals surface area contributed by atoms with Crippen LogP contribution in [0.25, 0.3) is 0 Å². The smallest absolute Gasteiger partial charge is 0.135 e. The van der Waals surface area contributed by atoms with Gasteiger partial charge in [0.2, 0.25) is 0 Å². The predicted octanol–water partition coefficient (Wildman–Crippen LogP) is 2.49. The third-order valence-corrected chi connectivity index (χ3v) is 4.78. The second-order valence-electron chi connectivity index (χ2n) is 6.47. The Morgan fingerprint density at radius 3 is 2.65 bits per heavy atom. The van der Waals surface area contributed by atoms with Crippen LogP contribution in [-0.2, 0) is 12.8 Å². The molecule has 0 amide bonds. The number of anilines is 1. The summed E-state index contributed by atoms with van der Waals surface area (Å²) in [4.78, 5) is 11.1. The van der Waals surface area contributed by atoms with Crippen molar-refractivity contribution >= 4 is 5.82 Å². The molecule has 2 aliphatic rings. The van der Waals surface area contributed by atoms with Crippen LogP contribution in [0.1, 0.15) is 56.2 Å². The van der Waals surface area contributed by atoms with Gasteiger partial charge in [-0.2, -0.15) is 0 Å². The highest BCUT2D eigenvalue weighted by atomic mass is 16.3. The summed E-state index contributed by atoms with van der Waals surface area (Å²) in [5.74, 6) is 1.04. The fourth-order valence-electron chi connectivity index (χ4n) is 3.72. The van der Waals surface area contributed by atoms with Gasteiger partial charge >= 0.3 is 0 Å². The SMILES string of the molecule is CN(CC1(O)CCCC1)c1ncnc2c1CCCCC2. The average Bonchev–Trinajstić information content (AvgIpc) is 2.72. The van der Waals surface area contributed by atoms with Crippen molar-refractivity contribution in [2.45, 2.75) is 63.4 Å². The van der Waals surface area contributed by atoms with Crippen molar-refractivity contribution in [3.05, 3.63) is 17.6 Å². The van der Waals surface area contributed by atoms with Crippen LogP contribution in [0.2, 0.25) is 0 Å². The zero-order valence-electron chi connectivity index (χ0n) is 12.4. The number of aliphatic hydroxyl groups is 1. The van der Waals surface area contributed by atoms with E-state index in [0.717, 1.165) is 44.3 Å². The molecule has 0 aliphatic heterocycles. The van der Waals surface area contributed by atoms with E-state index in [2.05, 4.69) is 21.9 Å². The molecule has 3 rings (SSSR count). The van der Waals surface area contributed by atoms with Gasteiger partial charge in [0.25, 0.3) is 0 Å². The molecule has 2 aliphatic carbocycles. The highest BCUT2D eigenvalue weighted by Crippen LogP contribution is 2.32. The van der Waals surface area contributed by atoms with E-state index in [4.69, 9.17) is 0 Å². The van der Waals surface area contributed by atoms with Gasteiger partial charge in [0.1, 0.15) is 12.1 Å². The molecule has 1 fully saturated rings. The second kappa shape index (κ2) is 5.68. The molecule has 20 heavy (non-hydrogen) atoms. The Labute approximate surface area is 121 Å². The fraction of sp³-hybridized carbons (Fsp3) is 0.750. The highest BCUT2D eigenvalue weighted by molar-refractivity contribution is 5.49. The summed E-state index contributed by atoms with van der Waals surface area (Å²) in [6.07, 6.45) is 11.7. The number of nitrogens with zero attached hydrogens (tertiary/aromatic N) is 3. The number of fused-ring (bicyclic) bond motifs is 1. The molecule has 1 aromatic rings. The maximum absolute atomic E-state index is 10.6. The third kappa shape index (κ3) is 2.80. The van der Waals surface area contributed by atoms with Gasteiger partial charge in [-0.3, -0.25) is 0 Å². The van der Waals surface area contributed by atoms with E-state index in [-0.39, 0.29) is 0 Å². The molecule has 1 heterocycles. The summed E-state index contributed by atoms with van der Waals surface area (Å²) < 4.78 is 0. The Morgan fingerprint density at radius 2 is 1.85 bits per heavy atom. The van der Waals surface area contributed by atoms with Crippen molar-refractivity contribution in [2.75, 3.05) is 18.5 Å². The topological polar surface area (TPSA) is 49.2 Å². The molecule has 4 nitrogen and oxygen atoms in total. The molecule has 1 aromatic heterocycles. The van der Waals surface area contributed by atoms with Crippen molar-refractivity contribution in [1.82, 2.24) is 9.97 Å². The van der Waals surface area contributed by atoms with Crippen LogP contribution in [0.3, 0.4) is 0 Å². The molecular formula is C16H25N3O. The van der Waals surface area contributed by atoms with E-state index in [0.29, 0.717) is 6.54 Å². The van der Waals surface area contributed by atoms with E-state index in [1.54, 1.807) is 6.33 Å². The molecule has 0 bridgehead atoms. The quantitative estimate of drug-likeness (QED) is 0.861. The fourth-order valence-corrected chi connectivity index (χ4v) is 3.72. The molecule has 110 valence electrons. The van der Waals surface area contributed by atoms with Crippen LogP contribution in [-0.4, -0.2) is 34.3 Å². The number of aromatic nitrogens is 2. The van der Waals surface area contributed by atoms with Crippen molar-refractivity contribution < 1.29 is 5.11 Å². The number of hydrogen-bond donors (Lipinski definition) is 1. The van der Waals surface area contributed by atoms with Crippen LogP contribution in [0.5, 0.6) is 0 Å². The lowest BCUT2D eigenvalue weighted by atomic mass is 10.0. The van der Waals surface area contributed by atoms with E-state index < -0.39 is 5.60 Å². The molecule has 0 spiro atoms. The molecule has 1 saturated carbocycles. The summed E-state index contributed by atoms with van der Waals surface area (Å²) in [5.41, 5.74) is 2.02. The van der Waals surface area contributed by atoms with Crippen LogP contribution < -0.4 is 4.90 Å². The van der Waals surface area contributed by atoms with Crippen molar-refractivity contribution in [2.24, 2.45) is 0 Å². The van der Waals surface area contributed by atoms with Gasteiger partial charge in [0, 0.05) is 24.8 Å². The molecule has 0 radical (unpaired) electrons. The van der Waals surface area contributed by atoms with Crippen molar-refractivity contribution in [3.8, 4) is 0 Å². The van der Waals surface area contributed by atoms with Gasteiger partial charge in [-0.25, -0.2) is 9.97 Å². The lowest BCUT2D eigenvalue weighted by molar-refractivity contribution is 0.0557. The lowest BCUT2D eigenvalue weighted by Crippen LogP contribution is -2.40. The first kappa shape index (κ1) is 13.8. The average molecular weight is 275 g/mol. The van der Waals surface area contributed by atoms with Gasteiger partial charge in [-0.15, -0.1) is 0 Å². The first-order valence-corrected chi connectivity index (χ1v) is 7.94. The minimum atomic E-state index is -0.517. The first-order chi connectivity index (χ1) is 9.68. The Balaban J connectivity index is 1.82. The van der Waals surface area contributed by atoms with E-state index in [1.807, 2.05) is 0 Å². The number of aryl methyl sites for hydroxylation is 1. The van der Waals surface area contributed by atoms with Gasteiger partial charge < -0.3 is 10.0 Å². The Morgan fingerprint density at radius 1 is 1.10 bits per heavy atom. The van der Waals surface area contributed by atoms with E-state index >= 15 is 0 Å². The summed E-state index contributed by atoms with van der Waals surface area (Å²) in [5, 5.41) is 10.6. The van der Waals surface area contributed by atoms with Crippen LogP contribution in [0.4, 0.5) is 5.82 Å². The van der Waals surface area contributed by atoms with E-state index in [9.17, 15) is 5.11 Å². The van der Waals surface area contributed by atoms with Crippen molar-refractivity contribution in [3.63, 3.8) is 0 Å². The Hall–Kier alpha value is -1.16. The van der Waals surface area contributed by atoms with Gasteiger partial charge in [-0.1, -0.05) is 19.3 Å². The summed E-state index contributed by atoms with van der Waals surface area (Å²) in [6, 6.07) is 0. The molecule has 4 heteroatoms. The molecule has 0 saturated heterocycles. The normalized spacial score (nSPS) is 21.3. The maximum Gasteiger partial charge on any atom is 0.135 e. The van der Waals surface area contributed by atoms with Crippen LogP contribution >= 0.6 is 0 Å².